The second-order valence-corrected chi connectivity index (χ2v) is 3.87. The van der Waals surface area contributed by atoms with E-state index in [0.717, 1.165) is 5.69 Å². The van der Waals surface area contributed by atoms with Crippen molar-refractivity contribution in [3.05, 3.63) is 60.8 Å². The number of benzene rings is 1. The molecule has 0 saturated heterocycles. The van der Waals surface area contributed by atoms with Crippen LogP contribution in [0.25, 0.3) is 11.3 Å². The van der Waals surface area contributed by atoms with Crippen LogP contribution in [-0.2, 0) is 0 Å². The monoisotopic (exact) mass is 197 g/mol. The van der Waals surface area contributed by atoms with E-state index in [1.54, 1.807) is 0 Å². The van der Waals surface area contributed by atoms with Gasteiger partial charge in [0.2, 0.25) is 0 Å². The largest absolute Gasteiger partial charge is 0.333 e. The highest BCUT2D eigenvalue weighted by molar-refractivity contribution is 5.61. The van der Waals surface area contributed by atoms with Crippen LogP contribution in [0.1, 0.15) is 11.1 Å². The van der Waals surface area contributed by atoms with Crippen molar-refractivity contribution in [2.45, 2.75) is 13.8 Å². The van der Waals surface area contributed by atoms with Gasteiger partial charge in [0.05, 0.1) is 6.20 Å². The Balaban J connectivity index is 2.64. The van der Waals surface area contributed by atoms with Crippen molar-refractivity contribution >= 4 is 0 Å². The zero-order chi connectivity index (χ0) is 10.8. The Morgan fingerprint density at radius 1 is 1.07 bits per heavy atom. The molecule has 0 aliphatic rings. The molecule has 0 aliphatic carbocycles. The number of rotatable bonds is 1. The summed E-state index contributed by atoms with van der Waals surface area (Å²) in [5.74, 6) is 0. The third kappa shape index (κ3) is 1.86. The quantitative estimate of drug-likeness (QED) is 0.489. The standard InChI is InChI=1S/C14H15N/c1-11-8-9-15(3)14(10-11)13-7-5-4-6-12(13)2/h4-10H,3H2,1-2H3. The zero-order valence-corrected chi connectivity index (χ0v) is 9.20. The summed E-state index contributed by atoms with van der Waals surface area (Å²) >= 11 is 0. The molecule has 0 aliphatic heterocycles. The highest BCUT2D eigenvalue weighted by Crippen LogP contribution is 2.20. The number of aryl methyl sites for hydroxylation is 2. The number of hydrogen-bond acceptors (Lipinski definition) is 0. The summed E-state index contributed by atoms with van der Waals surface area (Å²) in [4.78, 5) is 0. The van der Waals surface area contributed by atoms with Crippen LogP contribution in [-0.4, -0.2) is 0 Å². The van der Waals surface area contributed by atoms with Crippen molar-refractivity contribution in [1.29, 1.82) is 0 Å². The van der Waals surface area contributed by atoms with Crippen LogP contribution < -0.4 is 4.57 Å². The fourth-order valence-corrected chi connectivity index (χ4v) is 1.73. The number of pyridine rings is 1. The number of hydrogen-bond donors (Lipinski definition) is 0. The van der Waals surface area contributed by atoms with E-state index in [9.17, 15) is 0 Å². The van der Waals surface area contributed by atoms with Gasteiger partial charge in [-0.3, -0.25) is 0 Å². The van der Waals surface area contributed by atoms with Gasteiger partial charge in [0.15, 0.2) is 0 Å². The minimum atomic E-state index is 1.16. The summed E-state index contributed by atoms with van der Waals surface area (Å²) in [7, 11) is 4.00. The highest BCUT2D eigenvalue weighted by atomic mass is 14.9. The Hall–Kier alpha value is -1.76. The zero-order valence-electron chi connectivity index (χ0n) is 9.20. The van der Waals surface area contributed by atoms with Crippen LogP contribution in [0.3, 0.4) is 0 Å². The molecule has 0 bridgehead atoms. The first-order valence-corrected chi connectivity index (χ1v) is 5.07. The summed E-state index contributed by atoms with van der Waals surface area (Å²) in [6.07, 6.45) is 2.00. The normalized spacial score (nSPS) is 10.3. The lowest BCUT2D eigenvalue weighted by atomic mass is 10.0. The third-order valence-corrected chi connectivity index (χ3v) is 2.61. The second kappa shape index (κ2) is 3.77. The Labute approximate surface area is 91.0 Å². The van der Waals surface area contributed by atoms with Gasteiger partial charge in [-0.05, 0) is 31.0 Å². The summed E-state index contributed by atoms with van der Waals surface area (Å²) < 4.78 is 1.91. The maximum absolute atomic E-state index is 4.00. The summed E-state index contributed by atoms with van der Waals surface area (Å²) in [6.45, 7) is 4.22. The van der Waals surface area contributed by atoms with E-state index in [0.29, 0.717) is 0 Å². The summed E-state index contributed by atoms with van der Waals surface area (Å²) in [5.41, 5.74) is 4.94. The minimum absolute atomic E-state index is 1.16. The van der Waals surface area contributed by atoms with E-state index in [-0.39, 0.29) is 0 Å². The van der Waals surface area contributed by atoms with E-state index in [4.69, 9.17) is 0 Å². The van der Waals surface area contributed by atoms with Gasteiger partial charge in [0, 0.05) is 7.05 Å². The molecule has 0 unspecified atom stereocenters. The van der Waals surface area contributed by atoms with E-state index in [1.807, 2.05) is 10.8 Å². The Morgan fingerprint density at radius 2 is 1.80 bits per heavy atom. The molecule has 1 nitrogen and oxygen atoms in total. The van der Waals surface area contributed by atoms with Gasteiger partial charge >= 0.3 is 0 Å². The molecule has 2 rings (SSSR count). The molecule has 2 aromatic rings. The molecule has 1 heteroatoms. The van der Waals surface area contributed by atoms with Gasteiger partial charge in [0.25, 0.3) is 0 Å². The molecule has 0 fully saturated rings. The Bertz CT molecular complexity index is 486. The van der Waals surface area contributed by atoms with Gasteiger partial charge in [-0.15, -0.1) is 0 Å². The van der Waals surface area contributed by atoms with Gasteiger partial charge in [-0.25, -0.2) is 0 Å². The first kappa shape index (κ1) is 9.78. The molecule has 0 amide bonds. The molecular weight excluding hydrogens is 182 g/mol. The van der Waals surface area contributed by atoms with Crippen LogP contribution >= 0.6 is 0 Å². The highest BCUT2D eigenvalue weighted by Gasteiger charge is 2.04. The fourth-order valence-electron chi connectivity index (χ4n) is 1.73. The second-order valence-electron chi connectivity index (χ2n) is 3.87. The van der Waals surface area contributed by atoms with Crippen LogP contribution in [0.5, 0.6) is 0 Å². The smallest absolute Gasteiger partial charge is 0.112 e. The molecule has 0 atom stereocenters. The number of aromatic nitrogens is 1. The maximum Gasteiger partial charge on any atom is 0.112 e. The molecule has 1 aromatic carbocycles. The van der Waals surface area contributed by atoms with E-state index in [1.165, 1.54) is 16.7 Å². The molecule has 0 spiro atoms. The Morgan fingerprint density at radius 3 is 2.53 bits per heavy atom. The molecule has 0 saturated carbocycles. The van der Waals surface area contributed by atoms with Gasteiger partial charge < -0.3 is 4.57 Å². The summed E-state index contributed by atoms with van der Waals surface area (Å²) in [6, 6.07) is 12.6. The molecule has 1 heterocycles. The topological polar surface area (TPSA) is 3.88 Å². The van der Waals surface area contributed by atoms with E-state index < -0.39 is 0 Å². The van der Waals surface area contributed by atoms with Crippen molar-refractivity contribution in [1.82, 2.24) is 0 Å². The van der Waals surface area contributed by atoms with Crippen LogP contribution in [0.2, 0.25) is 0 Å². The van der Waals surface area contributed by atoms with Crippen molar-refractivity contribution in [3.63, 3.8) is 0 Å². The van der Waals surface area contributed by atoms with Crippen LogP contribution in [0.15, 0.2) is 42.6 Å². The lowest BCUT2D eigenvalue weighted by Crippen LogP contribution is -2.28. The fraction of sp³-hybridized carbons (Fsp3) is 0.143. The van der Waals surface area contributed by atoms with Crippen molar-refractivity contribution < 1.29 is 4.57 Å². The van der Waals surface area contributed by atoms with Crippen molar-refractivity contribution in [2.75, 3.05) is 0 Å². The lowest BCUT2D eigenvalue weighted by Gasteiger charge is -2.10. The van der Waals surface area contributed by atoms with Crippen LogP contribution in [0.4, 0.5) is 0 Å². The lowest BCUT2D eigenvalue weighted by molar-refractivity contribution is -0.600. The third-order valence-electron chi connectivity index (χ3n) is 2.61. The average molecular weight is 197 g/mol. The predicted molar refractivity (Wildman–Crippen MR) is 62.3 cm³/mol. The predicted octanol–water partition coefficient (Wildman–Crippen LogP) is 2.90. The minimum Gasteiger partial charge on any atom is -0.333 e. The first-order chi connectivity index (χ1) is 7.18. The first-order valence-electron chi connectivity index (χ1n) is 5.07. The number of nitrogens with zero attached hydrogens (tertiary/aromatic N) is 1. The molecule has 0 N–H and O–H groups in total. The van der Waals surface area contributed by atoms with Gasteiger partial charge in [-0.2, -0.15) is 0 Å². The van der Waals surface area contributed by atoms with Crippen molar-refractivity contribution in [3.8, 4) is 11.3 Å². The molecule has 0 radical (unpaired) electrons. The molecular formula is C14H15N. The van der Waals surface area contributed by atoms with Crippen molar-refractivity contribution in [2.24, 2.45) is 0 Å². The van der Waals surface area contributed by atoms with Gasteiger partial charge in [0.1, 0.15) is 5.69 Å². The van der Waals surface area contributed by atoms with E-state index >= 15 is 0 Å². The summed E-state index contributed by atoms with van der Waals surface area (Å²) in [5, 5.41) is 0. The molecule has 15 heavy (non-hydrogen) atoms. The SMILES string of the molecule is [CH2-][n+]1ccc(C)cc1-c1ccccc1C. The Kier molecular flexibility index (Phi) is 2.46. The van der Waals surface area contributed by atoms with Crippen LogP contribution in [0, 0.1) is 20.9 Å². The molecule has 76 valence electrons. The van der Waals surface area contributed by atoms with E-state index in [2.05, 4.69) is 57.3 Å². The maximum atomic E-state index is 4.00. The average Bonchev–Trinajstić information content (AvgIpc) is 2.23. The van der Waals surface area contributed by atoms with Gasteiger partial charge in [-0.1, -0.05) is 35.9 Å². The molecule has 1 aromatic heterocycles.